The van der Waals surface area contributed by atoms with Gasteiger partial charge in [-0.05, 0) is 60.0 Å². The third kappa shape index (κ3) is 7.40. The van der Waals surface area contributed by atoms with Crippen molar-refractivity contribution in [2.24, 2.45) is 0 Å². The number of amides is 1. The van der Waals surface area contributed by atoms with Gasteiger partial charge in [0.15, 0.2) is 0 Å². The molecule has 9 heteroatoms. The summed E-state index contributed by atoms with van der Waals surface area (Å²) in [5, 5.41) is 4.18. The van der Waals surface area contributed by atoms with Crippen LogP contribution in [0.3, 0.4) is 0 Å². The van der Waals surface area contributed by atoms with Crippen LogP contribution in [0.25, 0.3) is 0 Å². The number of nitrogens with one attached hydrogen (secondary N) is 1. The molecule has 0 aliphatic carbocycles. The van der Waals surface area contributed by atoms with Crippen LogP contribution in [0.4, 0.5) is 5.69 Å². The van der Waals surface area contributed by atoms with E-state index in [-0.39, 0.29) is 12.5 Å². The maximum atomic E-state index is 12.5. The second kappa shape index (κ2) is 12.0. The molecule has 0 saturated carbocycles. The number of halogens is 2. The molecule has 3 aromatic rings. The average Bonchev–Trinajstić information content (AvgIpc) is 2.78. The molecule has 0 spiro atoms. The monoisotopic (exact) mass is 536 g/mol. The first kappa shape index (κ1) is 26.4. The van der Waals surface area contributed by atoms with Gasteiger partial charge in [-0.3, -0.25) is 9.10 Å². The summed E-state index contributed by atoms with van der Waals surface area (Å²) >= 11 is 14.0. The highest BCUT2D eigenvalue weighted by atomic mass is 35.5. The molecule has 0 atom stereocenters. The van der Waals surface area contributed by atoms with Crippen molar-refractivity contribution >= 4 is 56.6 Å². The average molecular weight is 538 g/mol. The lowest BCUT2D eigenvalue weighted by molar-refractivity contribution is 0.0956. The normalized spacial score (nSPS) is 11.3. The Labute approximate surface area is 215 Å². The Bertz CT molecular complexity index is 1230. The van der Waals surface area contributed by atoms with Crippen LogP contribution in [0.1, 0.15) is 27.0 Å². The summed E-state index contributed by atoms with van der Waals surface area (Å²) in [4.78, 5) is 12.5. The van der Waals surface area contributed by atoms with Gasteiger partial charge < -0.3 is 5.32 Å². The molecule has 0 heterocycles. The Kier molecular flexibility index (Phi) is 9.31. The van der Waals surface area contributed by atoms with E-state index in [4.69, 9.17) is 23.2 Å². The molecular weight excluding hydrogens is 511 g/mol. The SMILES string of the molecule is Cc1cccc(N(Cc2ccc(C(=O)NCCSCc3c(Cl)cccc3Cl)cc2)S(C)(=O)=O)c1. The number of nitrogens with zero attached hydrogens (tertiary/aromatic N) is 1. The number of carbonyl (C=O) groups is 1. The Morgan fingerprint density at radius 3 is 2.26 bits per heavy atom. The highest BCUT2D eigenvalue weighted by Gasteiger charge is 2.18. The van der Waals surface area contributed by atoms with E-state index >= 15 is 0 Å². The van der Waals surface area contributed by atoms with Gasteiger partial charge in [-0.15, -0.1) is 0 Å². The smallest absolute Gasteiger partial charge is 0.251 e. The molecule has 0 fully saturated rings. The van der Waals surface area contributed by atoms with Crippen molar-refractivity contribution in [3.63, 3.8) is 0 Å². The van der Waals surface area contributed by atoms with Gasteiger partial charge in [0, 0.05) is 33.7 Å². The van der Waals surface area contributed by atoms with Crippen molar-refractivity contribution in [3.05, 3.63) is 99.0 Å². The maximum Gasteiger partial charge on any atom is 0.251 e. The molecule has 0 aromatic heterocycles. The zero-order valence-electron chi connectivity index (χ0n) is 18.9. The first-order chi connectivity index (χ1) is 16.1. The van der Waals surface area contributed by atoms with Crippen molar-refractivity contribution in [2.75, 3.05) is 22.9 Å². The van der Waals surface area contributed by atoms with Crippen molar-refractivity contribution in [1.82, 2.24) is 5.32 Å². The predicted octanol–water partition coefficient (Wildman–Crippen LogP) is 5.93. The number of sulfonamides is 1. The van der Waals surface area contributed by atoms with Crippen molar-refractivity contribution < 1.29 is 13.2 Å². The first-order valence-electron chi connectivity index (χ1n) is 10.6. The summed E-state index contributed by atoms with van der Waals surface area (Å²) in [5.74, 6) is 1.20. The van der Waals surface area contributed by atoms with Gasteiger partial charge in [0.05, 0.1) is 18.5 Å². The number of rotatable bonds is 10. The zero-order chi connectivity index (χ0) is 24.7. The lowest BCUT2D eigenvalue weighted by atomic mass is 10.1. The van der Waals surface area contributed by atoms with Gasteiger partial charge >= 0.3 is 0 Å². The van der Waals surface area contributed by atoms with Crippen LogP contribution < -0.4 is 9.62 Å². The van der Waals surface area contributed by atoms with Gasteiger partial charge in [-0.2, -0.15) is 11.8 Å². The standard InChI is InChI=1S/C25H26Cl2N2O3S2/c1-18-5-3-6-21(15-18)29(34(2,31)32)16-19-9-11-20(12-10-19)25(30)28-13-14-33-17-22-23(26)7-4-8-24(22)27/h3-12,15H,13-14,16-17H2,1-2H3,(H,28,30). The van der Waals surface area contributed by atoms with E-state index in [1.165, 1.54) is 10.6 Å². The van der Waals surface area contributed by atoms with Crippen LogP contribution in [-0.2, 0) is 22.3 Å². The summed E-state index contributed by atoms with van der Waals surface area (Å²) in [6.07, 6.45) is 1.19. The molecule has 0 unspecified atom stereocenters. The largest absolute Gasteiger partial charge is 0.351 e. The fourth-order valence-corrected chi connectivity index (χ4v) is 5.77. The molecule has 0 aliphatic heterocycles. The van der Waals surface area contributed by atoms with Gasteiger partial charge in [0.2, 0.25) is 10.0 Å². The first-order valence-corrected chi connectivity index (χ1v) is 14.3. The van der Waals surface area contributed by atoms with Gasteiger partial charge in [0.25, 0.3) is 5.91 Å². The van der Waals surface area contributed by atoms with Crippen molar-refractivity contribution in [2.45, 2.75) is 19.2 Å². The minimum Gasteiger partial charge on any atom is -0.351 e. The highest BCUT2D eigenvalue weighted by molar-refractivity contribution is 7.98. The topological polar surface area (TPSA) is 66.5 Å². The fraction of sp³-hybridized carbons (Fsp3) is 0.240. The molecule has 3 aromatic carbocycles. The van der Waals surface area contributed by atoms with E-state index in [2.05, 4.69) is 5.32 Å². The van der Waals surface area contributed by atoms with Crippen LogP contribution in [0.15, 0.2) is 66.7 Å². The van der Waals surface area contributed by atoms with E-state index in [0.29, 0.717) is 39.3 Å². The number of anilines is 1. The van der Waals surface area contributed by atoms with Crippen LogP contribution >= 0.6 is 35.0 Å². The number of thioether (sulfide) groups is 1. The van der Waals surface area contributed by atoms with Crippen LogP contribution in [0, 0.1) is 6.92 Å². The highest BCUT2D eigenvalue weighted by Crippen LogP contribution is 2.28. The maximum absolute atomic E-state index is 12.5. The second-order valence-corrected chi connectivity index (χ2v) is 11.6. The number of hydrogen-bond donors (Lipinski definition) is 1. The molecule has 180 valence electrons. The molecule has 0 aliphatic rings. The third-order valence-electron chi connectivity index (χ3n) is 5.07. The quantitative estimate of drug-likeness (QED) is 0.326. The van der Waals surface area contributed by atoms with Gasteiger partial charge in [-0.25, -0.2) is 8.42 Å². The molecule has 0 radical (unpaired) electrons. The number of hydrogen-bond acceptors (Lipinski definition) is 4. The third-order valence-corrected chi connectivity index (χ3v) is 7.91. The minimum atomic E-state index is -3.47. The Morgan fingerprint density at radius 1 is 1.00 bits per heavy atom. The molecule has 1 amide bonds. The molecule has 0 bridgehead atoms. The van der Waals surface area contributed by atoms with Crippen LogP contribution in [-0.4, -0.2) is 32.9 Å². The van der Waals surface area contributed by atoms with E-state index < -0.39 is 10.0 Å². The van der Waals surface area contributed by atoms with Crippen molar-refractivity contribution in [1.29, 1.82) is 0 Å². The summed E-state index contributed by atoms with van der Waals surface area (Å²) < 4.78 is 26.1. The Hall–Kier alpha value is -2.19. The fourth-order valence-electron chi connectivity index (χ4n) is 3.29. The lowest BCUT2D eigenvalue weighted by Crippen LogP contribution is -2.29. The molecule has 5 nitrogen and oxygen atoms in total. The number of benzene rings is 3. The summed E-state index contributed by atoms with van der Waals surface area (Å²) in [6, 6.07) is 19.7. The van der Waals surface area contributed by atoms with E-state index in [1.54, 1.807) is 42.1 Å². The minimum absolute atomic E-state index is 0.179. The molecular formula is C25H26Cl2N2O3S2. The van der Waals surface area contributed by atoms with E-state index in [9.17, 15) is 13.2 Å². The molecule has 0 saturated heterocycles. The van der Waals surface area contributed by atoms with Gasteiger partial charge in [0.1, 0.15) is 0 Å². The second-order valence-electron chi connectivity index (χ2n) is 7.81. The predicted molar refractivity (Wildman–Crippen MR) is 144 cm³/mol. The van der Waals surface area contributed by atoms with Gasteiger partial charge in [-0.1, -0.05) is 53.5 Å². The molecule has 1 N–H and O–H groups in total. The van der Waals surface area contributed by atoms with E-state index in [1.807, 2.05) is 43.3 Å². The molecule has 3 rings (SSSR count). The van der Waals surface area contributed by atoms with E-state index in [0.717, 1.165) is 16.7 Å². The Morgan fingerprint density at radius 2 is 1.65 bits per heavy atom. The summed E-state index contributed by atoms with van der Waals surface area (Å²) in [7, 11) is -3.47. The van der Waals surface area contributed by atoms with Crippen molar-refractivity contribution in [3.8, 4) is 0 Å². The van der Waals surface area contributed by atoms with Crippen LogP contribution in [0.5, 0.6) is 0 Å². The summed E-state index contributed by atoms with van der Waals surface area (Å²) in [5.41, 5.74) is 3.79. The number of aryl methyl sites for hydroxylation is 1. The lowest BCUT2D eigenvalue weighted by Gasteiger charge is -2.23. The Balaban J connectivity index is 1.53. The van der Waals surface area contributed by atoms with Crippen LogP contribution in [0.2, 0.25) is 10.0 Å². The summed E-state index contributed by atoms with van der Waals surface area (Å²) in [6.45, 7) is 2.61. The zero-order valence-corrected chi connectivity index (χ0v) is 22.1. The number of carbonyl (C=O) groups excluding carboxylic acids is 1. The molecule has 34 heavy (non-hydrogen) atoms.